The van der Waals surface area contributed by atoms with E-state index in [-0.39, 0.29) is 12.4 Å². The molecule has 0 aliphatic rings. The molecule has 0 bridgehead atoms. The number of rotatable bonds is 4. The van der Waals surface area contributed by atoms with Crippen LogP contribution >= 0.6 is 0 Å². The van der Waals surface area contributed by atoms with Crippen LogP contribution in [0.2, 0.25) is 0 Å². The van der Waals surface area contributed by atoms with Crippen molar-refractivity contribution in [1.29, 1.82) is 0 Å². The fourth-order valence-electron chi connectivity index (χ4n) is 1.91. The van der Waals surface area contributed by atoms with Crippen molar-refractivity contribution in [3.8, 4) is 0 Å². The van der Waals surface area contributed by atoms with Gasteiger partial charge in [-0.3, -0.25) is 9.78 Å². The van der Waals surface area contributed by atoms with Gasteiger partial charge in [-0.1, -0.05) is 0 Å². The maximum Gasteiger partial charge on any atom is 0.340 e. The molecule has 0 atom stereocenters. The second kappa shape index (κ2) is 5.69. The van der Waals surface area contributed by atoms with Crippen LogP contribution in [0.15, 0.2) is 30.6 Å². The Hall–Kier alpha value is -2.43. The molecule has 5 nitrogen and oxygen atoms in total. The van der Waals surface area contributed by atoms with Crippen molar-refractivity contribution < 1.29 is 14.3 Å². The summed E-state index contributed by atoms with van der Waals surface area (Å²) < 4.78 is 6.94. The van der Waals surface area contributed by atoms with Gasteiger partial charge in [-0.15, -0.1) is 0 Å². The Bertz CT molecular complexity index is 645. The average molecular weight is 272 g/mol. The normalized spacial score (nSPS) is 10.3. The van der Waals surface area contributed by atoms with Crippen LogP contribution in [0.4, 0.5) is 0 Å². The standard InChI is InChI=1S/C15H16N2O3/c1-10-7-13(11(2)17(10)3)14(18)9-20-15(19)12-5-4-6-16-8-12/h4-8H,9H2,1-3H3. The molecule has 0 spiro atoms. The Kier molecular flexibility index (Phi) is 3.98. The fraction of sp³-hybridized carbons (Fsp3) is 0.267. The number of ketones is 1. The van der Waals surface area contributed by atoms with Crippen LogP contribution in [-0.2, 0) is 11.8 Å². The van der Waals surface area contributed by atoms with E-state index in [2.05, 4.69) is 4.98 Å². The summed E-state index contributed by atoms with van der Waals surface area (Å²) in [6.45, 7) is 3.52. The summed E-state index contributed by atoms with van der Waals surface area (Å²) >= 11 is 0. The molecule has 2 rings (SSSR count). The number of aromatic nitrogens is 2. The van der Waals surface area contributed by atoms with E-state index < -0.39 is 5.97 Å². The molecule has 0 saturated heterocycles. The second-order valence-corrected chi connectivity index (χ2v) is 4.58. The Morgan fingerprint density at radius 2 is 2.10 bits per heavy atom. The third-order valence-electron chi connectivity index (χ3n) is 3.31. The van der Waals surface area contributed by atoms with Gasteiger partial charge in [0, 0.05) is 36.4 Å². The fourth-order valence-corrected chi connectivity index (χ4v) is 1.91. The molecule has 0 amide bonds. The van der Waals surface area contributed by atoms with Crippen molar-refractivity contribution in [2.45, 2.75) is 13.8 Å². The molecule has 2 heterocycles. The van der Waals surface area contributed by atoms with Gasteiger partial charge < -0.3 is 9.30 Å². The van der Waals surface area contributed by atoms with Crippen molar-refractivity contribution >= 4 is 11.8 Å². The number of Topliss-reactive ketones (excluding diaryl/α,β-unsaturated/α-hetero) is 1. The number of nitrogens with zero attached hydrogens (tertiary/aromatic N) is 2. The number of aryl methyl sites for hydroxylation is 1. The molecule has 5 heteroatoms. The summed E-state index contributed by atoms with van der Waals surface area (Å²) in [6.07, 6.45) is 2.97. The van der Waals surface area contributed by atoms with E-state index in [0.717, 1.165) is 11.4 Å². The van der Waals surface area contributed by atoms with E-state index in [0.29, 0.717) is 11.1 Å². The van der Waals surface area contributed by atoms with Crippen molar-refractivity contribution in [3.63, 3.8) is 0 Å². The number of carbonyl (C=O) groups excluding carboxylic acids is 2. The van der Waals surface area contributed by atoms with E-state index in [4.69, 9.17) is 4.74 Å². The van der Waals surface area contributed by atoms with Crippen LogP contribution in [0.5, 0.6) is 0 Å². The smallest absolute Gasteiger partial charge is 0.340 e. The van der Waals surface area contributed by atoms with Crippen molar-refractivity contribution in [3.05, 3.63) is 53.1 Å². The van der Waals surface area contributed by atoms with Crippen LogP contribution in [-0.4, -0.2) is 27.9 Å². The summed E-state index contributed by atoms with van der Waals surface area (Å²) in [5.74, 6) is -0.750. The molecule has 0 aliphatic carbocycles. The molecule has 0 aromatic carbocycles. The molecule has 0 N–H and O–H groups in total. The highest BCUT2D eigenvalue weighted by Crippen LogP contribution is 2.14. The highest BCUT2D eigenvalue weighted by atomic mass is 16.5. The molecule has 0 aliphatic heterocycles. The van der Waals surface area contributed by atoms with Crippen LogP contribution in [0.25, 0.3) is 0 Å². The maximum absolute atomic E-state index is 12.1. The number of pyridine rings is 1. The maximum atomic E-state index is 12.1. The Morgan fingerprint density at radius 3 is 2.65 bits per heavy atom. The molecule has 0 fully saturated rings. The number of esters is 1. The molecule has 0 radical (unpaired) electrons. The molecule has 104 valence electrons. The third kappa shape index (κ3) is 2.77. The molecule has 20 heavy (non-hydrogen) atoms. The summed E-state index contributed by atoms with van der Waals surface area (Å²) in [5.41, 5.74) is 2.78. The number of carbonyl (C=O) groups is 2. The number of ether oxygens (including phenoxy) is 1. The van der Waals surface area contributed by atoms with Gasteiger partial charge in [-0.25, -0.2) is 4.79 Å². The number of hydrogen-bond acceptors (Lipinski definition) is 4. The molecule has 2 aromatic rings. The zero-order valence-electron chi connectivity index (χ0n) is 11.7. The lowest BCUT2D eigenvalue weighted by Gasteiger charge is -2.04. The summed E-state index contributed by atoms with van der Waals surface area (Å²) in [7, 11) is 1.89. The van der Waals surface area contributed by atoms with Gasteiger partial charge in [-0.05, 0) is 32.0 Å². The van der Waals surface area contributed by atoms with E-state index in [1.54, 1.807) is 24.4 Å². The third-order valence-corrected chi connectivity index (χ3v) is 3.31. The summed E-state index contributed by atoms with van der Waals surface area (Å²) in [4.78, 5) is 27.6. The molecule has 2 aromatic heterocycles. The van der Waals surface area contributed by atoms with Gasteiger partial charge in [0.1, 0.15) is 0 Å². The first-order valence-corrected chi connectivity index (χ1v) is 6.24. The predicted molar refractivity (Wildman–Crippen MR) is 73.7 cm³/mol. The molecular formula is C15H16N2O3. The van der Waals surface area contributed by atoms with Crippen LogP contribution in [0, 0.1) is 13.8 Å². The summed E-state index contributed by atoms with van der Waals surface area (Å²) in [6, 6.07) is 5.04. The highest BCUT2D eigenvalue weighted by molar-refractivity contribution is 6.00. The predicted octanol–water partition coefficient (Wildman–Crippen LogP) is 2.08. The van der Waals surface area contributed by atoms with E-state index in [1.807, 2.05) is 25.5 Å². The van der Waals surface area contributed by atoms with E-state index in [9.17, 15) is 9.59 Å². The minimum atomic E-state index is -0.545. The summed E-state index contributed by atoms with van der Waals surface area (Å²) in [5, 5.41) is 0. The zero-order chi connectivity index (χ0) is 14.7. The van der Waals surface area contributed by atoms with Crippen molar-refractivity contribution in [2.75, 3.05) is 6.61 Å². The van der Waals surface area contributed by atoms with Gasteiger partial charge in [0.15, 0.2) is 6.61 Å². The Labute approximate surface area is 117 Å². The molecular weight excluding hydrogens is 256 g/mol. The quantitative estimate of drug-likeness (QED) is 0.631. The van der Waals surface area contributed by atoms with E-state index >= 15 is 0 Å². The number of hydrogen-bond donors (Lipinski definition) is 0. The van der Waals surface area contributed by atoms with Gasteiger partial charge in [-0.2, -0.15) is 0 Å². The van der Waals surface area contributed by atoms with Crippen molar-refractivity contribution in [1.82, 2.24) is 9.55 Å². The lowest BCUT2D eigenvalue weighted by Crippen LogP contribution is -2.15. The van der Waals surface area contributed by atoms with E-state index in [1.165, 1.54) is 6.20 Å². The van der Waals surface area contributed by atoms with Crippen LogP contribution < -0.4 is 0 Å². The van der Waals surface area contributed by atoms with Crippen LogP contribution in [0.1, 0.15) is 32.1 Å². The first-order chi connectivity index (χ1) is 9.50. The first kappa shape index (κ1) is 14.0. The van der Waals surface area contributed by atoms with Crippen LogP contribution in [0.3, 0.4) is 0 Å². The monoisotopic (exact) mass is 272 g/mol. The van der Waals surface area contributed by atoms with Gasteiger partial charge in [0.25, 0.3) is 0 Å². The lowest BCUT2D eigenvalue weighted by atomic mass is 10.1. The average Bonchev–Trinajstić information content (AvgIpc) is 2.73. The lowest BCUT2D eigenvalue weighted by molar-refractivity contribution is 0.0474. The zero-order valence-corrected chi connectivity index (χ0v) is 11.7. The van der Waals surface area contributed by atoms with Gasteiger partial charge >= 0.3 is 5.97 Å². The molecule has 0 unspecified atom stereocenters. The Morgan fingerprint density at radius 1 is 1.35 bits per heavy atom. The minimum absolute atomic E-state index is 0.205. The van der Waals surface area contributed by atoms with Gasteiger partial charge in [0.05, 0.1) is 5.56 Å². The Balaban J connectivity index is 2.02. The van der Waals surface area contributed by atoms with Crippen molar-refractivity contribution in [2.24, 2.45) is 7.05 Å². The SMILES string of the molecule is Cc1cc(C(=O)COC(=O)c2cccnc2)c(C)n1C. The molecule has 0 saturated carbocycles. The highest BCUT2D eigenvalue weighted by Gasteiger charge is 2.16. The largest absolute Gasteiger partial charge is 0.454 e. The first-order valence-electron chi connectivity index (χ1n) is 6.24. The minimum Gasteiger partial charge on any atom is -0.454 e. The topological polar surface area (TPSA) is 61.2 Å². The van der Waals surface area contributed by atoms with Gasteiger partial charge in [0.2, 0.25) is 5.78 Å². The second-order valence-electron chi connectivity index (χ2n) is 4.58.